The summed E-state index contributed by atoms with van der Waals surface area (Å²) in [6.45, 7) is 6.24. The summed E-state index contributed by atoms with van der Waals surface area (Å²) >= 11 is 6.08. The van der Waals surface area contributed by atoms with Gasteiger partial charge in [-0.15, -0.1) is 0 Å². The molecule has 2 aromatic carbocycles. The maximum Gasteiger partial charge on any atom is 0.258 e. The summed E-state index contributed by atoms with van der Waals surface area (Å²) in [6.07, 6.45) is 0. The highest BCUT2D eigenvalue weighted by Gasteiger charge is 2.24. The molecule has 26 heavy (non-hydrogen) atoms. The number of sulfonamides is 1. The Kier molecular flexibility index (Phi) is 6.11. The molecule has 0 bridgehead atoms. The van der Waals surface area contributed by atoms with Crippen molar-refractivity contribution in [1.29, 1.82) is 0 Å². The van der Waals surface area contributed by atoms with Gasteiger partial charge in [0, 0.05) is 31.9 Å². The molecule has 0 saturated carbocycles. The quantitative estimate of drug-likeness (QED) is 0.773. The van der Waals surface area contributed by atoms with Crippen LogP contribution in [0.25, 0.3) is 0 Å². The van der Waals surface area contributed by atoms with Crippen LogP contribution in [0.4, 0.5) is 5.69 Å². The van der Waals surface area contributed by atoms with Gasteiger partial charge in [0.15, 0.2) is 0 Å². The lowest BCUT2D eigenvalue weighted by atomic mass is 10.1. The summed E-state index contributed by atoms with van der Waals surface area (Å²) < 4.78 is 26.0. The van der Waals surface area contributed by atoms with E-state index in [2.05, 4.69) is 0 Å². The first-order valence-corrected chi connectivity index (χ1v) is 10.0. The van der Waals surface area contributed by atoms with Gasteiger partial charge in [-0.25, -0.2) is 12.7 Å². The molecule has 7 heteroatoms. The van der Waals surface area contributed by atoms with E-state index in [-0.39, 0.29) is 21.4 Å². The van der Waals surface area contributed by atoms with Crippen LogP contribution in [0, 0.1) is 13.8 Å². The van der Waals surface area contributed by atoms with Crippen molar-refractivity contribution in [1.82, 2.24) is 4.31 Å². The number of nitrogens with zero attached hydrogens (tertiary/aromatic N) is 2. The second kappa shape index (κ2) is 7.78. The van der Waals surface area contributed by atoms with E-state index in [1.165, 1.54) is 26.2 Å². The second-order valence-electron chi connectivity index (χ2n) is 6.27. The van der Waals surface area contributed by atoms with E-state index in [1.54, 1.807) is 11.0 Å². The number of anilines is 1. The van der Waals surface area contributed by atoms with Crippen molar-refractivity contribution >= 4 is 33.2 Å². The highest BCUT2D eigenvalue weighted by atomic mass is 35.5. The third kappa shape index (κ3) is 3.92. The van der Waals surface area contributed by atoms with E-state index >= 15 is 0 Å². The molecule has 0 aliphatic heterocycles. The predicted octanol–water partition coefficient (Wildman–Crippen LogP) is 3.87. The molecule has 0 heterocycles. The molecular formula is C19H23ClN2O3S. The van der Waals surface area contributed by atoms with Crippen LogP contribution in [-0.4, -0.2) is 39.3 Å². The highest BCUT2D eigenvalue weighted by molar-refractivity contribution is 7.89. The summed E-state index contributed by atoms with van der Waals surface area (Å²) in [5.41, 5.74) is 3.10. The van der Waals surface area contributed by atoms with Crippen LogP contribution in [-0.2, 0) is 10.0 Å². The molecule has 0 aliphatic carbocycles. The third-order valence-corrected chi connectivity index (χ3v) is 6.45. The number of amides is 1. The van der Waals surface area contributed by atoms with Gasteiger partial charge in [0.1, 0.15) is 4.90 Å². The van der Waals surface area contributed by atoms with Crippen molar-refractivity contribution in [2.24, 2.45) is 0 Å². The van der Waals surface area contributed by atoms with Gasteiger partial charge in [-0.3, -0.25) is 4.79 Å². The summed E-state index contributed by atoms with van der Waals surface area (Å²) in [5.74, 6) is -0.270. The molecule has 0 unspecified atom stereocenters. The number of hydrogen-bond acceptors (Lipinski definition) is 3. The van der Waals surface area contributed by atoms with Crippen molar-refractivity contribution in [2.45, 2.75) is 25.7 Å². The van der Waals surface area contributed by atoms with Crippen LogP contribution in [0.1, 0.15) is 28.4 Å². The molecule has 0 aliphatic rings. The molecule has 0 radical (unpaired) electrons. The van der Waals surface area contributed by atoms with E-state index in [0.29, 0.717) is 6.54 Å². The maximum absolute atomic E-state index is 13.1. The Morgan fingerprint density at radius 1 is 1.08 bits per heavy atom. The van der Waals surface area contributed by atoms with Gasteiger partial charge in [-0.2, -0.15) is 0 Å². The average molecular weight is 395 g/mol. The molecule has 0 saturated heterocycles. The Labute approximate surface area is 160 Å². The van der Waals surface area contributed by atoms with Crippen molar-refractivity contribution in [3.63, 3.8) is 0 Å². The van der Waals surface area contributed by atoms with Gasteiger partial charge in [0.25, 0.3) is 5.91 Å². The number of rotatable bonds is 5. The van der Waals surface area contributed by atoms with Gasteiger partial charge in [0.2, 0.25) is 10.0 Å². The lowest BCUT2D eigenvalue weighted by molar-refractivity contribution is 0.0988. The van der Waals surface area contributed by atoms with Crippen LogP contribution in [0.5, 0.6) is 0 Å². The van der Waals surface area contributed by atoms with Crippen LogP contribution < -0.4 is 4.90 Å². The first kappa shape index (κ1) is 20.4. The Morgan fingerprint density at radius 2 is 1.73 bits per heavy atom. The van der Waals surface area contributed by atoms with Crippen molar-refractivity contribution in [3.05, 3.63) is 58.1 Å². The summed E-state index contributed by atoms with van der Waals surface area (Å²) in [6, 6.07) is 10.2. The SMILES string of the molecule is CCN(C(=O)c1ccc(Cl)c(S(=O)(=O)N(C)C)c1)c1cc(C)ccc1C. The Hall–Kier alpha value is -1.89. The molecule has 0 aromatic heterocycles. The molecule has 0 fully saturated rings. The Morgan fingerprint density at radius 3 is 2.31 bits per heavy atom. The fourth-order valence-corrected chi connectivity index (χ4v) is 4.01. The molecule has 0 atom stereocenters. The largest absolute Gasteiger partial charge is 0.308 e. The van der Waals surface area contributed by atoms with E-state index in [0.717, 1.165) is 21.1 Å². The second-order valence-corrected chi connectivity index (χ2v) is 8.80. The molecular weight excluding hydrogens is 372 g/mol. The average Bonchev–Trinajstić information content (AvgIpc) is 2.58. The molecule has 0 N–H and O–H groups in total. The van der Waals surface area contributed by atoms with Gasteiger partial charge in [-0.1, -0.05) is 23.7 Å². The lowest BCUT2D eigenvalue weighted by Gasteiger charge is -2.24. The summed E-state index contributed by atoms with van der Waals surface area (Å²) in [5, 5.41) is 0.0880. The predicted molar refractivity (Wildman–Crippen MR) is 106 cm³/mol. The van der Waals surface area contributed by atoms with E-state index in [4.69, 9.17) is 11.6 Å². The lowest BCUT2D eigenvalue weighted by Crippen LogP contribution is -2.31. The summed E-state index contributed by atoms with van der Waals surface area (Å²) in [7, 11) is -0.894. The topological polar surface area (TPSA) is 57.7 Å². The number of carbonyl (C=O) groups is 1. The van der Waals surface area contributed by atoms with Gasteiger partial charge >= 0.3 is 0 Å². The number of hydrogen-bond donors (Lipinski definition) is 0. The number of benzene rings is 2. The van der Waals surface area contributed by atoms with Gasteiger partial charge < -0.3 is 4.90 Å². The molecule has 2 rings (SSSR count). The van der Waals surface area contributed by atoms with Crippen molar-refractivity contribution in [3.8, 4) is 0 Å². The van der Waals surface area contributed by atoms with Crippen molar-refractivity contribution in [2.75, 3.05) is 25.5 Å². The smallest absolute Gasteiger partial charge is 0.258 e. The first-order chi connectivity index (χ1) is 12.1. The van der Waals surface area contributed by atoms with E-state index in [9.17, 15) is 13.2 Å². The Bertz CT molecular complexity index is 940. The minimum absolute atomic E-state index is 0.0768. The summed E-state index contributed by atoms with van der Waals surface area (Å²) in [4.78, 5) is 14.6. The van der Waals surface area contributed by atoms with E-state index in [1.807, 2.05) is 39.0 Å². The van der Waals surface area contributed by atoms with Crippen LogP contribution >= 0.6 is 11.6 Å². The molecule has 2 aromatic rings. The normalized spacial score (nSPS) is 11.7. The molecule has 1 amide bonds. The van der Waals surface area contributed by atoms with Crippen LogP contribution in [0.3, 0.4) is 0 Å². The highest BCUT2D eigenvalue weighted by Crippen LogP contribution is 2.27. The number of aryl methyl sites for hydroxylation is 2. The maximum atomic E-state index is 13.1. The number of halogens is 1. The molecule has 140 valence electrons. The van der Waals surface area contributed by atoms with Crippen molar-refractivity contribution < 1.29 is 13.2 Å². The van der Waals surface area contributed by atoms with Gasteiger partial charge in [-0.05, 0) is 56.2 Å². The van der Waals surface area contributed by atoms with E-state index < -0.39 is 10.0 Å². The minimum Gasteiger partial charge on any atom is -0.308 e. The van der Waals surface area contributed by atoms with Crippen LogP contribution in [0.2, 0.25) is 5.02 Å². The molecule has 5 nitrogen and oxygen atoms in total. The zero-order valence-electron chi connectivity index (χ0n) is 15.6. The zero-order chi connectivity index (χ0) is 19.6. The zero-order valence-corrected chi connectivity index (χ0v) is 17.1. The Balaban J connectivity index is 2.54. The monoisotopic (exact) mass is 394 g/mol. The first-order valence-electron chi connectivity index (χ1n) is 8.20. The van der Waals surface area contributed by atoms with Gasteiger partial charge in [0.05, 0.1) is 5.02 Å². The fraction of sp³-hybridized carbons (Fsp3) is 0.316. The fourth-order valence-electron chi connectivity index (χ4n) is 2.62. The minimum atomic E-state index is -3.74. The van der Waals surface area contributed by atoms with Crippen LogP contribution in [0.15, 0.2) is 41.3 Å². The number of carbonyl (C=O) groups excluding carboxylic acids is 1. The third-order valence-electron chi connectivity index (χ3n) is 4.15. The standard InChI is InChI=1S/C19H23ClN2O3S/c1-6-22(17-11-13(2)7-8-14(17)3)19(23)15-9-10-16(20)18(12-15)26(24,25)21(4)5/h7-12H,6H2,1-5H3. The molecule has 0 spiro atoms.